The number of rotatable bonds is 21. The first-order valence-corrected chi connectivity index (χ1v) is 19.8. The number of carbonyl (C=O) groups is 2. The van der Waals surface area contributed by atoms with Gasteiger partial charge in [0.15, 0.2) is 0 Å². The van der Waals surface area contributed by atoms with Gasteiger partial charge in [0.25, 0.3) is 11.8 Å². The number of furan rings is 2. The number of hydrogen-bond donors (Lipinski definition) is 8. The Morgan fingerprint density at radius 2 is 1.04 bits per heavy atom. The van der Waals surface area contributed by atoms with Gasteiger partial charge >= 0.3 is 0 Å². The first-order chi connectivity index (χ1) is 27.1. The molecule has 18 heteroatoms. The summed E-state index contributed by atoms with van der Waals surface area (Å²) in [6.45, 7) is 5.93. The molecule has 6 rings (SSSR count). The van der Waals surface area contributed by atoms with E-state index in [1.54, 1.807) is 26.0 Å². The molecule has 56 heavy (non-hydrogen) atoms. The Bertz CT molecular complexity index is 1740. The smallest absolute Gasteiger partial charge is 0.255 e. The van der Waals surface area contributed by atoms with Gasteiger partial charge in [-0.05, 0) is 38.8 Å². The van der Waals surface area contributed by atoms with Crippen LogP contribution < -0.4 is 21.3 Å². The number of aliphatic hydroxyl groups excluding tert-OH is 4. The molecule has 0 unspecified atom stereocenters. The van der Waals surface area contributed by atoms with Crippen LogP contribution in [0.3, 0.4) is 0 Å². The molecule has 4 aromatic rings. The molecule has 2 fully saturated rings. The molecule has 2 aliphatic rings. The van der Waals surface area contributed by atoms with E-state index < -0.39 is 36.5 Å². The number of unbranched alkanes of at least 4 members (excludes halogenated alkanes) is 9. The molecule has 6 heterocycles. The molecule has 6 atom stereocenters. The van der Waals surface area contributed by atoms with Gasteiger partial charge < -0.3 is 50.5 Å². The number of aromatic nitrogens is 6. The lowest BCUT2D eigenvalue weighted by atomic mass is 10.1. The van der Waals surface area contributed by atoms with Crippen molar-refractivity contribution in [2.75, 3.05) is 13.1 Å². The van der Waals surface area contributed by atoms with Crippen LogP contribution in [0.2, 0.25) is 0 Å². The van der Waals surface area contributed by atoms with E-state index in [1.807, 2.05) is 21.8 Å². The first-order valence-electron chi connectivity index (χ1n) is 19.8. The number of β-amino-alcohol motifs (C(OH)–C–C–N with tert-alkyl or cyclic N) is 2. The van der Waals surface area contributed by atoms with Gasteiger partial charge in [-0.15, -0.1) is 10.2 Å². The van der Waals surface area contributed by atoms with Gasteiger partial charge in [-0.2, -0.15) is 0 Å². The molecule has 0 saturated carbocycles. The van der Waals surface area contributed by atoms with E-state index in [-0.39, 0.29) is 38.0 Å². The minimum absolute atomic E-state index is 0.237. The van der Waals surface area contributed by atoms with Crippen LogP contribution in [-0.4, -0.2) is 99.7 Å². The first kappa shape index (κ1) is 41.2. The van der Waals surface area contributed by atoms with E-state index in [1.165, 1.54) is 38.5 Å². The Morgan fingerprint density at radius 3 is 1.39 bits per heavy atom. The van der Waals surface area contributed by atoms with E-state index in [4.69, 9.17) is 8.83 Å². The summed E-state index contributed by atoms with van der Waals surface area (Å²) in [6, 6.07) is 2.09. The maximum absolute atomic E-state index is 12.8. The highest BCUT2D eigenvalue weighted by atomic mass is 16.4. The van der Waals surface area contributed by atoms with E-state index in [0.29, 0.717) is 45.6 Å². The molecule has 2 aliphatic heterocycles. The SMILES string of the molecule is Cc1oc([C@H]2NC[C@@H](O)[C@H]2O)cc1C(=O)NCc1cn(CCCCCCCCCCCCn2cc(CNC(=O)c3cc([C@H]4NC[C@@H](O)[C@H]4O)oc3C)nn2)nn1. The molecule has 4 aromatic heterocycles. The lowest BCUT2D eigenvalue weighted by Crippen LogP contribution is -2.25. The average Bonchev–Trinajstić information content (AvgIpc) is 4.05. The Labute approximate surface area is 325 Å². The number of hydrogen-bond acceptors (Lipinski definition) is 14. The second-order valence-corrected chi connectivity index (χ2v) is 15.0. The van der Waals surface area contributed by atoms with Crippen LogP contribution >= 0.6 is 0 Å². The zero-order chi connectivity index (χ0) is 39.6. The van der Waals surface area contributed by atoms with Gasteiger partial charge in [-0.1, -0.05) is 61.8 Å². The van der Waals surface area contributed by atoms with Crippen LogP contribution in [0.4, 0.5) is 0 Å². The highest BCUT2D eigenvalue weighted by molar-refractivity contribution is 5.95. The van der Waals surface area contributed by atoms with Crippen molar-refractivity contribution in [3.8, 4) is 0 Å². The maximum Gasteiger partial charge on any atom is 0.255 e. The van der Waals surface area contributed by atoms with Gasteiger partial charge in [0, 0.05) is 26.2 Å². The standard InChI is InChI=1S/C38H56N10O8/c1-23-27(15-31(55-23)33-35(51)29(49)19-39-33)37(53)41-17-25-21-47(45-43-25)13-11-9-7-5-3-4-6-8-10-12-14-48-22-26(44-46-48)18-42-38(54)28-16-32(56-24(28)2)34-36(52)30(50)20-40-34/h15-16,21-22,29-30,33-36,39-40,49-52H,3-14,17-20H2,1-2H3,(H,41,53)(H,42,54)/t29-,30-,33-,34-,35-,36-/m1/s1. The number of amides is 2. The third kappa shape index (κ3) is 10.7. The van der Waals surface area contributed by atoms with Crippen molar-refractivity contribution < 1.29 is 38.8 Å². The fourth-order valence-corrected chi connectivity index (χ4v) is 7.28. The maximum atomic E-state index is 12.8. The predicted octanol–water partition coefficient (Wildman–Crippen LogP) is 1.87. The normalized spacial score (nSPS) is 22.2. The Morgan fingerprint density at radius 1 is 0.661 bits per heavy atom. The van der Waals surface area contributed by atoms with Crippen LogP contribution in [0, 0.1) is 13.8 Å². The van der Waals surface area contributed by atoms with Crippen LogP contribution in [0.1, 0.15) is 131 Å². The number of nitrogens with one attached hydrogen (secondary N) is 4. The van der Waals surface area contributed by atoms with Gasteiger partial charge in [0.1, 0.15) is 46.6 Å². The van der Waals surface area contributed by atoms with Crippen LogP contribution in [-0.2, 0) is 26.2 Å². The van der Waals surface area contributed by atoms with Crippen LogP contribution in [0.15, 0.2) is 33.4 Å². The molecule has 2 saturated heterocycles. The molecule has 8 N–H and O–H groups in total. The zero-order valence-electron chi connectivity index (χ0n) is 32.2. The van der Waals surface area contributed by atoms with Gasteiger partial charge in [0.2, 0.25) is 0 Å². The van der Waals surface area contributed by atoms with Gasteiger partial charge in [-0.3, -0.25) is 19.0 Å². The van der Waals surface area contributed by atoms with Gasteiger partial charge in [0.05, 0.1) is 60.9 Å². The molecule has 2 amide bonds. The lowest BCUT2D eigenvalue weighted by molar-refractivity contribution is 0.0368. The lowest BCUT2D eigenvalue weighted by Gasteiger charge is -2.12. The highest BCUT2D eigenvalue weighted by Gasteiger charge is 2.38. The van der Waals surface area contributed by atoms with Crippen LogP contribution in [0.25, 0.3) is 0 Å². The van der Waals surface area contributed by atoms with E-state index in [2.05, 4.69) is 41.9 Å². The number of nitrogens with zero attached hydrogens (tertiary/aromatic N) is 6. The highest BCUT2D eigenvalue weighted by Crippen LogP contribution is 2.29. The van der Waals surface area contributed by atoms with E-state index >= 15 is 0 Å². The number of carbonyl (C=O) groups excluding carboxylic acids is 2. The van der Waals surface area contributed by atoms with Crippen molar-refractivity contribution in [1.29, 1.82) is 0 Å². The number of aliphatic hydroxyl groups is 4. The van der Waals surface area contributed by atoms with E-state index in [0.717, 1.165) is 38.8 Å². The molecule has 0 aliphatic carbocycles. The summed E-state index contributed by atoms with van der Waals surface area (Å²) in [5.41, 5.74) is 2.10. The Kier molecular flexibility index (Phi) is 14.4. The largest absolute Gasteiger partial charge is 0.464 e. The van der Waals surface area contributed by atoms with Crippen molar-refractivity contribution in [2.45, 2.75) is 141 Å². The minimum atomic E-state index is -0.994. The summed E-state index contributed by atoms with van der Waals surface area (Å²) >= 11 is 0. The molecule has 0 bridgehead atoms. The second kappa shape index (κ2) is 19.6. The van der Waals surface area contributed by atoms with Crippen molar-refractivity contribution in [3.63, 3.8) is 0 Å². The molecular formula is C38H56N10O8. The third-order valence-corrected chi connectivity index (χ3v) is 10.6. The Balaban J connectivity index is 0.759. The van der Waals surface area contributed by atoms with Crippen molar-refractivity contribution in [3.05, 3.63) is 70.1 Å². The number of aryl methyl sites for hydroxylation is 4. The summed E-state index contributed by atoms with van der Waals surface area (Å²) in [6.07, 6.45) is 11.5. The molecule has 0 radical (unpaired) electrons. The minimum Gasteiger partial charge on any atom is -0.464 e. The van der Waals surface area contributed by atoms with Crippen molar-refractivity contribution in [2.24, 2.45) is 0 Å². The topological polar surface area (TPSA) is 251 Å². The molecule has 0 spiro atoms. The Hall–Kier alpha value is -4.46. The average molecular weight is 781 g/mol. The van der Waals surface area contributed by atoms with Gasteiger partial charge in [-0.25, -0.2) is 0 Å². The summed E-state index contributed by atoms with van der Waals surface area (Å²) < 4.78 is 15.0. The van der Waals surface area contributed by atoms with Crippen molar-refractivity contribution in [1.82, 2.24) is 51.3 Å². The third-order valence-electron chi connectivity index (χ3n) is 10.6. The van der Waals surface area contributed by atoms with Crippen molar-refractivity contribution >= 4 is 11.8 Å². The summed E-state index contributed by atoms with van der Waals surface area (Å²) in [5, 5.41) is 68.4. The second-order valence-electron chi connectivity index (χ2n) is 15.0. The zero-order valence-corrected chi connectivity index (χ0v) is 32.2. The summed E-state index contributed by atoms with van der Waals surface area (Å²) in [7, 11) is 0. The summed E-state index contributed by atoms with van der Waals surface area (Å²) in [5.74, 6) is 1.11. The molecule has 18 nitrogen and oxygen atoms in total. The van der Waals surface area contributed by atoms with E-state index in [9.17, 15) is 30.0 Å². The molecular weight excluding hydrogens is 724 g/mol. The predicted molar refractivity (Wildman–Crippen MR) is 201 cm³/mol. The molecule has 306 valence electrons. The fourth-order valence-electron chi connectivity index (χ4n) is 7.28. The van der Waals surface area contributed by atoms with Crippen LogP contribution in [0.5, 0.6) is 0 Å². The molecule has 0 aromatic carbocycles. The summed E-state index contributed by atoms with van der Waals surface area (Å²) in [4.78, 5) is 25.6. The monoisotopic (exact) mass is 780 g/mol. The quantitative estimate of drug-likeness (QED) is 0.0563. The fraction of sp³-hybridized carbons (Fsp3) is 0.632.